The molecule has 0 radical (unpaired) electrons. The van der Waals surface area contributed by atoms with Crippen molar-refractivity contribution in [3.63, 3.8) is 0 Å². The second-order valence-electron chi connectivity index (χ2n) is 8.43. The van der Waals surface area contributed by atoms with Crippen molar-refractivity contribution in [3.8, 4) is 0 Å². The van der Waals surface area contributed by atoms with Gasteiger partial charge in [-0.1, -0.05) is 12.1 Å². The van der Waals surface area contributed by atoms with E-state index in [0.29, 0.717) is 12.1 Å². The Kier molecular flexibility index (Phi) is 8.78. The Hall–Kier alpha value is -4.22. The largest absolute Gasteiger partial charge is 0.465 e. The summed E-state index contributed by atoms with van der Waals surface area (Å²) >= 11 is 0. The number of alkyl halides is 6. The third kappa shape index (κ3) is 7.21. The van der Waals surface area contributed by atoms with Crippen LogP contribution >= 0.6 is 0 Å². The van der Waals surface area contributed by atoms with Crippen molar-refractivity contribution in [2.75, 3.05) is 14.2 Å². The summed E-state index contributed by atoms with van der Waals surface area (Å²) in [6, 6.07) is 9.02. The van der Waals surface area contributed by atoms with Crippen LogP contribution < -0.4 is 0 Å². The number of carbonyl (C=O) groups is 3. The number of methoxy groups -OCH3 is 2. The van der Waals surface area contributed by atoms with Crippen LogP contribution in [0.3, 0.4) is 0 Å². The Labute approximate surface area is 218 Å². The highest BCUT2D eigenvalue weighted by Gasteiger charge is 2.37. The van der Waals surface area contributed by atoms with Crippen molar-refractivity contribution in [1.82, 2.24) is 4.98 Å². The highest BCUT2D eigenvalue weighted by molar-refractivity contribution is 5.96. The maximum Gasteiger partial charge on any atom is 0.418 e. The summed E-state index contributed by atoms with van der Waals surface area (Å²) in [7, 11) is 2.22. The summed E-state index contributed by atoms with van der Waals surface area (Å²) in [6.07, 6.45) is -9.41. The summed E-state index contributed by atoms with van der Waals surface area (Å²) in [4.78, 5) is 41.0. The van der Waals surface area contributed by atoms with Crippen molar-refractivity contribution < 1.29 is 50.2 Å². The Morgan fingerprint density at radius 1 is 0.821 bits per heavy atom. The van der Waals surface area contributed by atoms with Crippen LogP contribution in [0.1, 0.15) is 61.0 Å². The van der Waals surface area contributed by atoms with Gasteiger partial charge in [-0.05, 0) is 53.6 Å². The van der Waals surface area contributed by atoms with E-state index in [4.69, 9.17) is 0 Å². The van der Waals surface area contributed by atoms with Crippen LogP contribution in [0.2, 0.25) is 0 Å². The Balaban J connectivity index is 2.02. The molecule has 12 heteroatoms. The summed E-state index contributed by atoms with van der Waals surface area (Å²) in [5, 5.41) is 0. The van der Waals surface area contributed by atoms with Crippen LogP contribution in [-0.4, -0.2) is 36.9 Å². The molecule has 3 aromatic rings. The van der Waals surface area contributed by atoms with Crippen molar-refractivity contribution in [2.24, 2.45) is 0 Å². The average Bonchev–Trinajstić information content (AvgIpc) is 2.89. The minimum Gasteiger partial charge on any atom is -0.465 e. The topological polar surface area (TPSA) is 82.6 Å². The molecule has 6 nitrogen and oxygen atoms in total. The fourth-order valence-corrected chi connectivity index (χ4v) is 4.00. The third-order valence-corrected chi connectivity index (χ3v) is 5.78. The average molecular weight is 553 g/mol. The van der Waals surface area contributed by atoms with Crippen molar-refractivity contribution in [1.29, 1.82) is 0 Å². The molecule has 1 heterocycles. The number of esters is 2. The Bertz CT molecular complexity index is 1330. The molecule has 0 saturated heterocycles. The maximum absolute atomic E-state index is 13.8. The predicted molar refractivity (Wildman–Crippen MR) is 125 cm³/mol. The quantitative estimate of drug-likeness (QED) is 0.251. The number of rotatable bonds is 8. The van der Waals surface area contributed by atoms with E-state index >= 15 is 0 Å². The van der Waals surface area contributed by atoms with Gasteiger partial charge in [0.1, 0.15) is 5.78 Å². The molecule has 0 N–H and O–H groups in total. The number of hydrogen-bond acceptors (Lipinski definition) is 6. The lowest BCUT2D eigenvalue weighted by Gasteiger charge is -2.21. The van der Waals surface area contributed by atoms with Crippen LogP contribution in [0.4, 0.5) is 26.3 Å². The van der Waals surface area contributed by atoms with Crippen LogP contribution in [0.15, 0.2) is 60.8 Å². The molecule has 0 unspecified atom stereocenters. The van der Waals surface area contributed by atoms with Crippen LogP contribution in [-0.2, 0) is 33.0 Å². The molecule has 0 aliphatic heterocycles. The summed E-state index contributed by atoms with van der Waals surface area (Å²) < 4.78 is 89.8. The first kappa shape index (κ1) is 29.3. The Morgan fingerprint density at radius 2 is 1.38 bits per heavy atom. The third-order valence-electron chi connectivity index (χ3n) is 5.78. The van der Waals surface area contributed by atoms with Gasteiger partial charge in [-0.2, -0.15) is 26.3 Å². The molecule has 206 valence electrons. The highest BCUT2D eigenvalue weighted by Crippen LogP contribution is 2.39. The smallest absolute Gasteiger partial charge is 0.418 e. The van der Waals surface area contributed by atoms with Gasteiger partial charge in [-0.15, -0.1) is 0 Å². The lowest BCUT2D eigenvalue weighted by Crippen LogP contribution is -2.18. The van der Waals surface area contributed by atoms with Gasteiger partial charge in [0.15, 0.2) is 0 Å². The van der Waals surface area contributed by atoms with E-state index in [1.165, 1.54) is 18.2 Å². The number of Topliss-reactive ketones (excluding diaryl/α,β-unsaturated/α-hetero) is 1. The van der Waals surface area contributed by atoms with Gasteiger partial charge in [0.05, 0.1) is 42.2 Å². The second-order valence-corrected chi connectivity index (χ2v) is 8.43. The highest BCUT2D eigenvalue weighted by atomic mass is 19.4. The van der Waals surface area contributed by atoms with E-state index in [-0.39, 0.29) is 22.3 Å². The van der Waals surface area contributed by atoms with Crippen LogP contribution in [0.5, 0.6) is 0 Å². The first-order valence-corrected chi connectivity index (χ1v) is 11.3. The number of benzene rings is 2. The lowest BCUT2D eigenvalue weighted by atomic mass is 9.86. The number of nitrogens with zero attached hydrogens (tertiary/aromatic N) is 1. The van der Waals surface area contributed by atoms with Crippen molar-refractivity contribution in [3.05, 3.63) is 99.9 Å². The standard InChI is InChI=1S/C27H21F6NO5/c1-38-24(36)17-10-15(11-18(13-17)25(37)39-2)12-20(35)14-21(16-5-7-19(8-6-16)26(28,29)30)23-22(27(31,32)33)4-3-9-34-23/h3-11,13,21H,12,14H2,1-2H3/t21-/m0/s1. The molecule has 0 fully saturated rings. The molecular formula is C27H21F6NO5. The number of ketones is 1. The number of carbonyl (C=O) groups excluding carboxylic acids is 3. The van der Waals surface area contributed by atoms with Crippen LogP contribution in [0, 0.1) is 0 Å². The first-order valence-electron chi connectivity index (χ1n) is 11.3. The molecule has 39 heavy (non-hydrogen) atoms. The molecule has 2 aromatic carbocycles. The van der Waals surface area contributed by atoms with Crippen molar-refractivity contribution in [2.45, 2.75) is 31.1 Å². The zero-order valence-corrected chi connectivity index (χ0v) is 20.5. The number of hydrogen-bond donors (Lipinski definition) is 0. The van der Waals surface area contributed by atoms with Crippen molar-refractivity contribution >= 4 is 17.7 Å². The number of pyridine rings is 1. The molecule has 3 rings (SSSR count). The normalized spacial score (nSPS) is 12.5. The van der Waals surface area contributed by atoms with E-state index < -0.39 is 65.7 Å². The molecule has 0 aliphatic rings. The molecule has 0 aliphatic carbocycles. The summed E-state index contributed by atoms with van der Waals surface area (Å²) in [5.74, 6) is -3.58. The van der Waals surface area contributed by atoms with E-state index in [1.54, 1.807) is 0 Å². The van der Waals surface area contributed by atoms with Gasteiger partial charge in [0.2, 0.25) is 0 Å². The van der Waals surface area contributed by atoms with E-state index in [1.807, 2.05) is 0 Å². The number of aromatic nitrogens is 1. The van der Waals surface area contributed by atoms with Gasteiger partial charge >= 0.3 is 24.3 Å². The van der Waals surface area contributed by atoms with Crippen LogP contribution in [0.25, 0.3) is 0 Å². The minimum atomic E-state index is -4.85. The number of ether oxygens (including phenoxy) is 2. The van der Waals surface area contributed by atoms with Gasteiger partial charge < -0.3 is 9.47 Å². The fraction of sp³-hybridized carbons (Fsp3) is 0.259. The summed E-state index contributed by atoms with van der Waals surface area (Å²) in [5.41, 5.74) is -2.62. The van der Waals surface area contributed by atoms with E-state index in [0.717, 1.165) is 44.7 Å². The molecule has 0 saturated carbocycles. The minimum absolute atomic E-state index is 0.0131. The van der Waals surface area contributed by atoms with Gasteiger partial charge in [0.25, 0.3) is 0 Å². The molecule has 0 spiro atoms. The first-order chi connectivity index (χ1) is 18.2. The Morgan fingerprint density at radius 3 is 1.87 bits per heavy atom. The molecule has 0 amide bonds. The predicted octanol–water partition coefficient (Wildman–Crippen LogP) is 6.03. The van der Waals surface area contributed by atoms with E-state index in [2.05, 4.69) is 14.5 Å². The number of halogens is 6. The van der Waals surface area contributed by atoms with Gasteiger partial charge in [0, 0.05) is 25.0 Å². The molecule has 1 aromatic heterocycles. The zero-order chi connectivity index (χ0) is 29.0. The lowest BCUT2D eigenvalue weighted by molar-refractivity contribution is -0.139. The SMILES string of the molecule is COC(=O)c1cc(CC(=O)C[C@@H](c2ccc(C(F)(F)F)cc2)c2ncccc2C(F)(F)F)cc(C(=O)OC)c1. The second kappa shape index (κ2) is 11.7. The molecule has 1 atom stereocenters. The maximum atomic E-state index is 13.8. The fourth-order valence-electron chi connectivity index (χ4n) is 4.00. The zero-order valence-electron chi connectivity index (χ0n) is 20.5. The van der Waals surface area contributed by atoms with Gasteiger partial charge in [-0.3, -0.25) is 9.78 Å². The monoisotopic (exact) mass is 553 g/mol. The molecule has 0 bridgehead atoms. The molecular weight excluding hydrogens is 532 g/mol. The van der Waals surface area contributed by atoms with E-state index in [9.17, 15) is 40.7 Å². The summed E-state index contributed by atoms with van der Waals surface area (Å²) in [6.45, 7) is 0. The van der Waals surface area contributed by atoms with Gasteiger partial charge in [-0.25, -0.2) is 9.59 Å².